The van der Waals surface area contributed by atoms with E-state index >= 15 is 0 Å². The topological polar surface area (TPSA) is 113 Å². The first-order chi connectivity index (χ1) is 18.4. The summed E-state index contributed by atoms with van der Waals surface area (Å²) in [5.41, 5.74) is 0.110. The predicted octanol–water partition coefficient (Wildman–Crippen LogP) is 5.92. The Morgan fingerprint density at radius 3 is 2.35 bits per heavy atom. The molecule has 0 fully saturated rings. The van der Waals surface area contributed by atoms with Crippen LogP contribution in [-0.2, 0) is 19.1 Å². The lowest BCUT2D eigenvalue weighted by Crippen LogP contribution is -2.35. The first-order valence-electron chi connectivity index (χ1n) is 14.9. The van der Waals surface area contributed by atoms with Crippen LogP contribution < -0.4 is 0 Å². The van der Waals surface area contributed by atoms with Gasteiger partial charge in [0.2, 0.25) is 0 Å². The molecule has 0 aromatic rings. The molecule has 40 heavy (non-hydrogen) atoms. The molecule has 0 spiro atoms. The van der Waals surface area contributed by atoms with Crippen molar-refractivity contribution < 1.29 is 34.4 Å². The maximum atomic E-state index is 12.7. The molecule has 8 unspecified atom stereocenters. The average Bonchev–Trinajstić information content (AvgIpc) is 2.85. The summed E-state index contributed by atoms with van der Waals surface area (Å²) in [6.07, 6.45) is 8.87. The number of hydrogen-bond donors (Lipinski definition) is 3. The molecule has 1 aliphatic heterocycles. The molecule has 1 rings (SSSR count). The summed E-state index contributed by atoms with van der Waals surface area (Å²) in [6, 6.07) is 0. The Hall–Kier alpha value is -1.96. The normalized spacial score (nSPS) is 28.9. The molecule has 230 valence electrons. The molecular formula is C33H56O7. The van der Waals surface area contributed by atoms with E-state index in [9.17, 15) is 24.9 Å². The van der Waals surface area contributed by atoms with Gasteiger partial charge in [0.1, 0.15) is 12.2 Å². The number of aliphatic hydroxyl groups excluding tert-OH is 3. The summed E-state index contributed by atoms with van der Waals surface area (Å²) < 4.78 is 11.5. The highest BCUT2D eigenvalue weighted by atomic mass is 16.5. The van der Waals surface area contributed by atoms with E-state index < -0.39 is 41.9 Å². The zero-order chi connectivity index (χ0) is 30.8. The molecule has 1 aliphatic rings. The van der Waals surface area contributed by atoms with Crippen LogP contribution in [0.2, 0.25) is 0 Å². The minimum atomic E-state index is -0.843. The third-order valence-corrected chi connectivity index (χ3v) is 8.46. The van der Waals surface area contributed by atoms with Gasteiger partial charge >= 0.3 is 11.9 Å². The molecule has 7 heteroatoms. The van der Waals surface area contributed by atoms with Gasteiger partial charge in [-0.15, -0.1) is 0 Å². The van der Waals surface area contributed by atoms with Crippen LogP contribution in [0.5, 0.6) is 0 Å². The second-order valence-corrected chi connectivity index (χ2v) is 13.3. The molecule has 7 nitrogen and oxygen atoms in total. The number of ether oxygens (including phenoxy) is 2. The van der Waals surface area contributed by atoms with E-state index in [2.05, 4.69) is 13.8 Å². The van der Waals surface area contributed by atoms with Gasteiger partial charge in [0.25, 0.3) is 0 Å². The summed E-state index contributed by atoms with van der Waals surface area (Å²) in [7, 11) is 0. The standard InChI is InChI=1S/C33H56O7/c1-11-27(36)23(4)24(5)28(37)20-32(7,8)17-12-13-21(2)31-22(3)14-15-29(39-25(6)34)33(9,10)18-16-26(35)19-30(38)40-31/h12-15,17,22-24,26-29,31,35-37H,11,16,18-20H2,1-10H3/b15-14+,17-12+,21-13+. The van der Waals surface area contributed by atoms with Crippen molar-refractivity contribution in [3.63, 3.8) is 0 Å². The summed E-state index contributed by atoms with van der Waals surface area (Å²) in [5, 5.41) is 31.5. The first kappa shape index (κ1) is 36.1. The highest BCUT2D eigenvalue weighted by molar-refractivity contribution is 5.70. The molecule has 8 atom stereocenters. The van der Waals surface area contributed by atoms with Gasteiger partial charge in [0, 0.05) is 18.3 Å². The fourth-order valence-electron chi connectivity index (χ4n) is 5.22. The van der Waals surface area contributed by atoms with Crippen molar-refractivity contribution in [1.29, 1.82) is 0 Å². The van der Waals surface area contributed by atoms with Gasteiger partial charge in [0.05, 0.1) is 24.7 Å². The maximum Gasteiger partial charge on any atom is 0.309 e. The molecule has 0 bridgehead atoms. The summed E-state index contributed by atoms with van der Waals surface area (Å²) in [5.74, 6) is -1.08. The van der Waals surface area contributed by atoms with Crippen molar-refractivity contribution in [2.75, 3.05) is 0 Å². The lowest BCUT2D eigenvalue weighted by Gasteiger charge is -2.33. The van der Waals surface area contributed by atoms with Crippen molar-refractivity contribution in [2.45, 2.75) is 132 Å². The number of aliphatic hydroxyl groups is 3. The van der Waals surface area contributed by atoms with Crippen molar-refractivity contribution in [1.82, 2.24) is 0 Å². The molecular weight excluding hydrogens is 508 g/mol. The fourth-order valence-corrected chi connectivity index (χ4v) is 5.22. The number of carbonyl (C=O) groups excluding carboxylic acids is 2. The minimum Gasteiger partial charge on any atom is -0.458 e. The Bertz CT molecular complexity index is 900. The number of rotatable bonds is 10. The van der Waals surface area contributed by atoms with E-state index in [1.165, 1.54) is 6.92 Å². The molecule has 0 aromatic carbocycles. The number of allylic oxidation sites excluding steroid dienone is 3. The van der Waals surface area contributed by atoms with Crippen LogP contribution in [0.1, 0.15) is 101 Å². The Balaban J connectivity index is 3.16. The highest BCUT2D eigenvalue weighted by Crippen LogP contribution is 2.34. The SMILES string of the molecule is CCC(O)C(C)C(C)C(O)CC(C)(C)/C=C/C=C(\C)C1OC(=O)CC(O)CCC(C)(C)C(OC(C)=O)/C=C/C1C. The van der Waals surface area contributed by atoms with Gasteiger partial charge in [0.15, 0.2) is 0 Å². The molecule has 0 saturated heterocycles. The van der Waals surface area contributed by atoms with E-state index in [0.29, 0.717) is 25.7 Å². The second kappa shape index (κ2) is 15.9. The van der Waals surface area contributed by atoms with Gasteiger partial charge < -0.3 is 24.8 Å². The van der Waals surface area contributed by atoms with Crippen molar-refractivity contribution in [3.05, 3.63) is 36.0 Å². The van der Waals surface area contributed by atoms with E-state index in [1.807, 2.05) is 78.8 Å². The van der Waals surface area contributed by atoms with Crippen LogP contribution >= 0.6 is 0 Å². The zero-order valence-corrected chi connectivity index (χ0v) is 26.5. The minimum absolute atomic E-state index is 0.00298. The predicted molar refractivity (Wildman–Crippen MR) is 159 cm³/mol. The number of cyclic esters (lactones) is 1. The lowest BCUT2D eigenvalue weighted by molar-refractivity contribution is -0.151. The van der Waals surface area contributed by atoms with Crippen LogP contribution in [-0.4, -0.2) is 57.8 Å². The Labute approximate surface area is 242 Å². The molecule has 0 aliphatic carbocycles. The third-order valence-electron chi connectivity index (χ3n) is 8.46. The van der Waals surface area contributed by atoms with Crippen LogP contribution in [0.3, 0.4) is 0 Å². The van der Waals surface area contributed by atoms with Crippen LogP contribution in [0.4, 0.5) is 0 Å². The molecule has 0 saturated carbocycles. The van der Waals surface area contributed by atoms with Gasteiger partial charge in [-0.25, -0.2) is 0 Å². The van der Waals surface area contributed by atoms with Gasteiger partial charge in [-0.1, -0.05) is 79.7 Å². The van der Waals surface area contributed by atoms with Gasteiger partial charge in [-0.05, 0) is 61.5 Å². The van der Waals surface area contributed by atoms with Gasteiger partial charge in [-0.2, -0.15) is 0 Å². The molecule has 1 heterocycles. The maximum absolute atomic E-state index is 12.7. The Morgan fingerprint density at radius 2 is 1.77 bits per heavy atom. The number of carbonyl (C=O) groups is 2. The average molecular weight is 565 g/mol. The zero-order valence-electron chi connectivity index (χ0n) is 26.5. The number of hydrogen-bond acceptors (Lipinski definition) is 7. The highest BCUT2D eigenvalue weighted by Gasteiger charge is 2.33. The first-order valence-corrected chi connectivity index (χ1v) is 14.9. The summed E-state index contributed by atoms with van der Waals surface area (Å²) in [6.45, 7) is 19.2. The van der Waals surface area contributed by atoms with Crippen molar-refractivity contribution >= 4 is 11.9 Å². The molecule has 3 N–H and O–H groups in total. The summed E-state index contributed by atoms with van der Waals surface area (Å²) in [4.78, 5) is 24.5. The molecule has 0 amide bonds. The third kappa shape index (κ3) is 11.9. The smallest absolute Gasteiger partial charge is 0.309 e. The monoisotopic (exact) mass is 564 g/mol. The van der Waals surface area contributed by atoms with Crippen molar-refractivity contribution in [3.8, 4) is 0 Å². The van der Waals surface area contributed by atoms with Gasteiger partial charge in [-0.3, -0.25) is 9.59 Å². The van der Waals surface area contributed by atoms with Crippen molar-refractivity contribution in [2.24, 2.45) is 28.6 Å². The molecule has 0 radical (unpaired) electrons. The van der Waals surface area contributed by atoms with E-state index in [-0.39, 0.29) is 35.6 Å². The number of esters is 2. The quantitative estimate of drug-likeness (QED) is 0.172. The Morgan fingerprint density at radius 1 is 1.18 bits per heavy atom. The Kier molecular flexibility index (Phi) is 14.3. The largest absolute Gasteiger partial charge is 0.458 e. The van der Waals surface area contributed by atoms with E-state index in [4.69, 9.17) is 9.47 Å². The lowest BCUT2D eigenvalue weighted by atomic mass is 9.78. The van der Waals surface area contributed by atoms with Crippen LogP contribution in [0.25, 0.3) is 0 Å². The van der Waals surface area contributed by atoms with E-state index in [0.717, 1.165) is 5.57 Å². The summed E-state index contributed by atoms with van der Waals surface area (Å²) >= 11 is 0. The van der Waals surface area contributed by atoms with E-state index in [1.54, 1.807) is 0 Å². The van der Waals surface area contributed by atoms with Crippen LogP contribution in [0.15, 0.2) is 36.0 Å². The van der Waals surface area contributed by atoms with Crippen LogP contribution in [0, 0.1) is 28.6 Å². The second-order valence-electron chi connectivity index (χ2n) is 13.3. The molecule has 0 aromatic heterocycles. The fraction of sp³-hybridized carbons (Fsp3) is 0.758.